The first kappa shape index (κ1) is 30.6. The Hall–Kier alpha value is -2.98. The van der Waals surface area contributed by atoms with E-state index in [1.165, 1.54) is 12.1 Å². The lowest BCUT2D eigenvalue weighted by atomic mass is 10.0. The standard InChI is InChI=1S/C30H41N5O3S/c1-4-5-17-32-39-35(20-22(2)3)21-28(36)27(18-23-11-7-6-8-12-23)34-29(37)19-31-30(38)26-16-15-24-13-9-10-14-25(24)33-26/h6-16,22,27-28,32,36H,4-5,17-21H2,1-3H3,(H,31,38)(H,34,37)/t27-,28?/m0/s1. The number of pyridine rings is 1. The van der Waals surface area contributed by atoms with Crippen LogP contribution in [0.5, 0.6) is 0 Å². The largest absolute Gasteiger partial charge is 0.390 e. The Morgan fingerprint density at radius 3 is 2.49 bits per heavy atom. The zero-order valence-corrected chi connectivity index (χ0v) is 23.9. The van der Waals surface area contributed by atoms with E-state index in [0.717, 1.165) is 36.9 Å². The summed E-state index contributed by atoms with van der Waals surface area (Å²) in [4.78, 5) is 30.0. The van der Waals surface area contributed by atoms with E-state index in [1.807, 2.05) is 60.7 Å². The number of aromatic nitrogens is 1. The molecule has 4 N–H and O–H groups in total. The summed E-state index contributed by atoms with van der Waals surface area (Å²) < 4.78 is 5.49. The van der Waals surface area contributed by atoms with Crippen molar-refractivity contribution in [3.8, 4) is 0 Å². The van der Waals surface area contributed by atoms with Crippen molar-refractivity contribution in [1.82, 2.24) is 24.6 Å². The number of rotatable bonds is 16. The highest BCUT2D eigenvalue weighted by Crippen LogP contribution is 2.15. The average Bonchev–Trinajstić information content (AvgIpc) is 2.93. The molecule has 2 amide bonds. The third-order valence-electron chi connectivity index (χ3n) is 6.14. The van der Waals surface area contributed by atoms with E-state index in [0.29, 0.717) is 24.4 Å². The van der Waals surface area contributed by atoms with Crippen LogP contribution in [0.3, 0.4) is 0 Å². The van der Waals surface area contributed by atoms with Crippen LogP contribution in [-0.2, 0) is 11.2 Å². The molecule has 0 spiro atoms. The van der Waals surface area contributed by atoms with E-state index < -0.39 is 18.1 Å². The van der Waals surface area contributed by atoms with E-state index in [1.54, 1.807) is 6.07 Å². The van der Waals surface area contributed by atoms with Gasteiger partial charge in [0.2, 0.25) is 5.91 Å². The number of unbranched alkanes of at least 4 members (excludes halogenated alkanes) is 1. The quantitative estimate of drug-likeness (QED) is 0.158. The number of hydrogen-bond acceptors (Lipinski definition) is 7. The molecule has 0 radical (unpaired) electrons. The second-order valence-electron chi connectivity index (χ2n) is 10.1. The van der Waals surface area contributed by atoms with Gasteiger partial charge in [-0.3, -0.25) is 14.3 Å². The summed E-state index contributed by atoms with van der Waals surface area (Å²) in [5.74, 6) is -0.374. The minimum Gasteiger partial charge on any atom is -0.390 e. The van der Waals surface area contributed by atoms with Crippen molar-refractivity contribution in [2.24, 2.45) is 5.92 Å². The minimum atomic E-state index is -0.814. The van der Waals surface area contributed by atoms with E-state index >= 15 is 0 Å². The fourth-order valence-corrected chi connectivity index (χ4v) is 5.15. The van der Waals surface area contributed by atoms with Crippen LogP contribution >= 0.6 is 12.1 Å². The van der Waals surface area contributed by atoms with E-state index in [9.17, 15) is 14.7 Å². The molecule has 9 heteroatoms. The molecule has 1 unspecified atom stereocenters. The van der Waals surface area contributed by atoms with Crippen LogP contribution in [0, 0.1) is 5.92 Å². The summed E-state index contributed by atoms with van der Waals surface area (Å²) in [6.45, 7) is 8.29. The SMILES string of the molecule is CCCCNSN(CC(C)C)CC(O)[C@H](Cc1ccccc1)NC(=O)CNC(=O)c1ccc2ccccc2n1. The molecule has 0 aliphatic heterocycles. The topological polar surface area (TPSA) is 107 Å². The molecule has 3 aromatic rings. The molecule has 8 nitrogen and oxygen atoms in total. The van der Waals surface area contributed by atoms with Crippen molar-refractivity contribution < 1.29 is 14.7 Å². The summed E-state index contributed by atoms with van der Waals surface area (Å²) in [6.07, 6.45) is 1.85. The number of fused-ring (bicyclic) bond motifs is 1. The molecule has 0 saturated carbocycles. The molecular weight excluding hydrogens is 510 g/mol. The lowest BCUT2D eigenvalue weighted by Crippen LogP contribution is -2.51. The normalized spacial score (nSPS) is 13.0. The van der Waals surface area contributed by atoms with Crippen LogP contribution in [0.2, 0.25) is 0 Å². The molecule has 0 saturated heterocycles. The molecule has 210 valence electrons. The van der Waals surface area contributed by atoms with Gasteiger partial charge in [0.25, 0.3) is 5.91 Å². The number of hydrogen-bond donors (Lipinski definition) is 4. The number of benzene rings is 2. The first-order chi connectivity index (χ1) is 18.9. The zero-order chi connectivity index (χ0) is 28.0. The Morgan fingerprint density at radius 1 is 1.00 bits per heavy atom. The van der Waals surface area contributed by atoms with Gasteiger partial charge in [-0.1, -0.05) is 81.8 Å². The second-order valence-corrected chi connectivity index (χ2v) is 11.1. The van der Waals surface area contributed by atoms with Gasteiger partial charge in [-0.05, 0) is 36.5 Å². The molecule has 2 atom stereocenters. The van der Waals surface area contributed by atoms with Gasteiger partial charge >= 0.3 is 0 Å². The highest BCUT2D eigenvalue weighted by Gasteiger charge is 2.25. The van der Waals surface area contributed by atoms with Crippen LogP contribution in [0.4, 0.5) is 0 Å². The summed E-state index contributed by atoms with van der Waals surface area (Å²) in [6, 6.07) is 20.3. The summed E-state index contributed by atoms with van der Waals surface area (Å²) in [7, 11) is 0. The molecule has 0 fully saturated rings. The number of nitrogens with one attached hydrogen (secondary N) is 3. The number of carbonyl (C=O) groups excluding carboxylic acids is 2. The van der Waals surface area contributed by atoms with Crippen LogP contribution < -0.4 is 15.4 Å². The maximum Gasteiger partial charge on any atom is 0.270 e. The zero-order valence-electron chi connectivity index (χ0n) is 23.1. The predicted molar refractivity (Wildman–Crippen MR) is 159 cm³/mol. The average molecular weight is 552 g/mol. The number of carbonyl (C=O) groups is 2. The molecule has 3 rings (SSSR count). The van der Waals surface area contributed by atoms with Gasteiger partial charge in [0.05, 0.1) is 24.2 Å². The summed E-state index contributed by atoms with van der Waals surface area (Å²) >= 11 is 1.52. The number of para-hydroxylation sites is 1. The van der Waals surface area contributed by atoms with Gasteiger partial charge in [-0.15, -0.1) is 0 Å². The van der Waals surface area contributed by atoms with Crippen LogP contribution in [0.1, 0.15) is 49.7 Å². The smallest absolute Gasteiger partial charge is 0.270 e. The third-order valence-corrected chi connectivity index (χ3v) is 7.02. The van der Waals surface area contributed by atoms with Gasteiger partial charge in [0, 0.05) is 37.2 Å². The monoisotopic (exact) mass is 551 g/mol. The van der Waals surface area contributed by atoms with Gasteiger partial charge in [0.15, 0.2) is 0 Å². The molecule has 2 aromatic carbocycles. The lowest BCUT2D eigenvalue weighted by Gasteiger charge is -2.30. The first-order valence-electron chi connectivity index (χ1n) is 13.7. The third kappa shape index (κ3) is 10.6. The first-order valence-corrected chi connectivity index (χ1v) is 14.4. The predicted octanol–water partition coefficient (Wildman–Crippen LogP) is 3.96. The number of aliphatic hydroxyl groups excluding tert-OH is 1. The highest BCUT2D eigenvalue weighted by atomic mass is 32.2. The fourth-order valence-electron chi connectivity index (χ4n) is 4.13. The number of nitrogens with zero attached hydrogens (tertiary/aromatic N) is 2. The van der Waals surface area contributed by atoms with E-state index in [-0.39, 0.29) is 18.1 Å². The van der Waals surface area contributed by atoms with E-state index in [4.69, 9.17) is 0 Å². The second kappa shape index (κ2) is 16.2. The molecule has 0 aliphatic carbocycles. The number of amides is 2. The summed E-state index contributed by atoms with van der Waals surface area (Å²) in [5, 5.41) is 17.8. The van der Waals surface area contributed by atoms with Crippen molar-refractivity contribution in [3.63, 3.8) is 0 Å². The van der Waals surface area contributed by atoms with Gasteiger partial charge in [-0.25, -0.2) is 9.29 Å². The van der Waals surface area contributed by atoms with Gasteiger partial charge in [-0.2, -0.15) is 0 Å². The maximum absolute atomic E-state index is 12.9. The maximum atomic E-state index is 12.9. The molecule has 0 aliphatic rings. The molecule has 1 aromatic heterocycles. The van der Waals surface area contributed by atoms with Crippen molar-refractivity contribution in [2.45, 2.75) is 52.2 Å². The Labute approximate surface area is 236 Å². The summed E-state index contributed by atoms with van der Waals surface area (Å²) in [5.41, 5.74) is 1.98. The fraction of sp³-hybridized carbons (Fsp3) is 0.433. The highest BCUT2D eigenvalue weighted by molar-refractivity contribution is 7.95. The Balaban J connectivity index is 1.62. The lowest BCUT2D eigenvalue weighted by molar-refractivity contribution is -0.121. The Morgan fingerprint density at radius 2 is 1.74 bits per heavy atom. The van der Waals surface area contributed by atoms with Gasteiger partial charge < -0.3 is 15.7 Å². The van der Waals surface area contributed by atoms with Crippen LogP contribution in [0.25, 0.3) is 10.9 Å². The van der Waals surface area contributed by atoms with Crippen molar-refractivity contribution in [2.75, 3.05) is 26.2 Å². The van der Waals surface area contributed by atoms with Crippen molar-refractivity contribution >= 4 is 34.9 Å². The molecular formula is C30H41N5O3S. The van der Waals surface area contributed by atoms with E-state index in [2.05, 4.69) is 45.4 Å². The number of aliphatic hydroxyl groups is 1. The molecule has 0 bridgehead atoms. The Bertz CT molecular complexity index is 1180. The minimum absolute atomic E-state index is 0.214. The van der Waals surface area contributed by atoms with Crippen molar-refractivity contribution in [1.29, 1.82) is 0 Å². The van der Waals surface area contributed by atoms with Crippen LogP contribution in [0.15, 0.2) is 66.7 Å². The van der Waals surface area contributed by atoms with Crippen LogP contribution in [-0.4, -0.2) is 64.5 Å². The van der Waals surface area contributed by atoms with Crippen molar-refractivity contribution in [3.05, 3.63) is 78.0 Å². The molecule has 39 heavy (non-hydrogen) atoms. The van der Waals surface area contributed by atoms with Gasteiger partial charge in [0.1, 0.15) is 5.69 Å². The molecule has 1 heterocycles. The Kier molecular flexibility index (Phi) is 12.7.